The van der Waals surface area contributed by atoms with E-state index in [-0.39, 0.29) is 0 Å². The fourth-order valence-electron chi connectivity index (χ4n) is 1.26. The molecule has 0 bridgehead atoms. The molecule has 0 fully saturated rings. The van der Waals surface area contributed by atoms with E-state index in [0.717, 1.165) is 0 Å². The van der Waals surface area contributed by atoms with Crippen molar-refractivity contribution in [2.45, 2.75) is 13.0 Å². The summed E-state index contributed by atoms with van der Waals surface area (Å²) in [5, 5.41) is 3.81. The quantitative estimate of drug-likeness (QED) is 0.910. The van der Waals surface area contributed by atoms with E-state index in [1.165, 1.54) is 6.26 Å². The summed E-state index contributed by atoms with van der Waals surface area (Å²) in [6.45, 7) is 2.87. The van der Waals surface area contributed by atoms with Gasteiger partial charge in [-0.1, -0.05) is 5.16 Å². The number of aromatic nitrogens is 2. The van der Waals surface area contributed by atoms with Crippen LogP contribution in [-0.2, 0) is 4.74 Å². The van der Waals surface area contributed by atoms with E-state index in [9.17, 15) is 0 Å². The minimum absolute atomic E-state index is 0.363. The first kappa shape index (κ1) is 12.3. The number of rotatable bonds is 5. The molecular weight excluding hydrogens is 290 g/mol. The van der Waals surface area contributed by atoms with Crippen molar-refractivity contribution in [1.82, 2.24) is 10.1 Å². The monoisotopic (exact) mass is 301 g/mol. The van der Waals surface area contributed by atoms with Gasteiger partial charge in [-0.3, -0.25) is 0 Å². The lowest BCUT2D eigenvalue weighted by Gasteiger charge is -2.05. The van der Waals surface area contributed by atoms with Crippen LogP contribution in [0.1, 0.15) is 18.8 Å². The maximum atomic E-state index is 5.84. The molecule has 0 aliphatic heterocycles. The van der Waals surface area contributed by atoms with Crippen LogP contribution >= 0.6 is 15.9 Å². The van der Waals surface area contributed by atoms with Gasteiger partial charge in [0.15, 0.2) is 10.5 Å². The lowest BCUT2D eigenvalue weighted by molar-refractivity contribution is 0.130. The molecule has 92 valence electrons. The van der Waals surface area contributed by atoms with Crippen LogP contribution in [0.25, 0.3) is 11.5 Å². The molecule has 0 saturated heterocycles. The van der Waals surface area contributed by atoms with Crippen LogP contribution in [0, 0.1) is 0 Å². The second-order valence-corrected chi connectivity index (χ2v) is 4.05. The van der Waals surface area contributed by atoms with Crippen molar-refractivity contribution in [3.05, 3.63) is 22.8 Å². The Hall–Kier alpha value is -1.18. The van der Waals surface area contributed by atoms with E-state index in [1.807, 2.05) is 6.92 Å². The van der Waals surface area contributed by atoms with Crippen LogP contribution in [0.15, 0.2) is 25.9 Å². The first-order chi connectivity index (χ1) is 8.22. The Morgan fingerprint density at radius 2 is 2.41 bits per heavy atom. The van der Waals surface area contributed by atoms with Gasteiger partial charge in [0, 0.05) is 6.61 Å². The van der Waals surface area contributed by atoms with Gasteiger partial charge in [0.1, 0.15) is 0 Å². The number of hydrogen-bond acceptors (Lipinski definition) is 6. The van der Waals surface area contributed by atoms with Crippen molar-refractivity contribution >= 4 is 15.9 Å². The second kappa shape index (κ2) is 5.44. The van der Waals surface area contributed by atoms with E-state index >= 15 is 0 Å². The summed E-state index contributed by atoms with van der Waals surface area (Å²) >= 11 is 3.24. The van der Waals surface area contributed by atoms with Gasteiger partial charge in [-0.15, -0.1) is 0 Å². The summed E-state index contributed by atoms with van der Waals surface area (Å²) in [5.74, 6) is 0.786. The van der Waals surface area contributed by atoms with Gasteiger partial charge in [-0.05, 0) is 28.9 Å². The molecule has 0 spiro atoms. The average molecular weight is 302 g/mol. The first-order valence-corrected chi connectivity index (χ1v) is 5.92. The molecular formula is C10H12BrN3O3. The van der Waals surface area contributed by atoms with Crippen LogP contribution in [-0.4, -0.2) is 23.4 Å². The van der Waals surface area contributed by atoms with Crippen LogP contribution in [0.5, 0.6) is 0 Å². The van der Waals surface area contributed by atoms with Crippen LogP contribution in [0.2, 0.25) is 0 Å². The zero-order valence-electron chi connectivity index (χ0n) is 9.22. The Morgan fingerprint density at radius 3 is 3.06 bits per heavy atom. The smallest absolute Gasteiger partial charge is 0.262 e. The summed E-state index contributed by atoms with van der Waals surface area (Å²) < 4.78 is 15.9. The van der Waals surface area contributed by atoms with Gasteiger partial charge in [0.25, 0.3) is 5.89 Å². The van der Waals surface area contributed by atoms with Gasteiger partial charge in [-0.25, -0.2) is 0 Å². The molecule has 17 heavy (non-hydrogen) atoms. The van der Waals surface area contributed by atoms with E-state index in [0.29, 0.717) is 35.2 Å². The van der Waals surface area contributed by atoms with Crippen molar-refractivity contribution in [2.24, 2.45) is 5.73 Å². The van der Waals surface area contributed by atoms with Gasteiger partial charge in [0.05, 0.1) is 24.5 Å². The summed E-state index contributed by atoms with van der Waals surface area (Å²) in [7, 11) is 0. The molecule has 2 aromatic rings. The minimum Gasteiger partial charge on any atom is -0.457 e. The average Bonchev–Trinajstić information content (AvgIpc) is 2.93. The highest BCUT2D eigenvalue weighted by molar-refractivity contribution is 9.10. The number of ether oxygens (including phenoxy) is 1. The third-order valence-corrected chi connectivity index (χ3v) is 2.74. The molecule has 6 nitrogen and oxygen atoms in total. The molecule has 0 saturated carbocycles. The molecule has 2 heterocycles. The Morgan fingerprint density at radius 1 is 1.59 bits per heavy atom. The predicted molar refractivity (Wildman–Crippen MR) is 63.1 cm³/mol. The molecule has 2 aromatic heterocycles. The normalized spacial score (nSPS) is 12.9. The van der Waals surface area contributed by atoms with Crippen molar-refractivity contribution in [1.29, 1.82) is 0 Å². The fourth-order valence-corrected chi connectivity index (χ4v) is 1.67. The van der Waals surface area contributed by atoms with Gasteiger partial charge in [-0.2, -0.15) is 4.98 Å². The molecule has 1 unspecified atom stereocenters. The van der Waals surface area contributed by atoms with Crippen molar-refractivity contribution in [3.63, 3.8) is 0 Å². The van der Waals surface area contributed by atoms with E-state index in [2.05, 4.69) is 26.1 Å². The molecule has 0 aliphatic carbocycles. The molecule has 7 heteroatoms. The van der Waals surface area contributed by atoms with Crippen molar-refractivity contribution < 1.29 is 13.7 Å². The van der Waals surface area contributed by atoms with Crippen LogP contribution in [0.3, 0.4) is 0 Å². The molecule has 1 atom stereocenters. The maximum Gasteiger partial charge on any atom is 0.262 e. The van der Waals surface area contributed by atoms with E-state index < -0.39 is 6.04 Å². The number of nitrogens with two attached hydrogens (primary N) is 1. The number of halogens is 1. The minimum atomic E-state index is -0.391. The lowest BCUT2D eigenvalue weighted by Crippen LogP contribution is -2.18. The Kier molecular flexibility index (Phi) is 3.93. The third kappa shape index (κ3) is 2.74. The highest BCUT2D eigenvalue weighted by Crippen LogP contribution is 2.28. The number of hydrogen-bond donors (Lipinski definition) is 1. The highest BCUT2D eigenvalue weighted by Gasteiger charge is 2.18. The molecule has 0 radical (unpaired) electrons. The Bertz CT molecular complexity index is 483. The molecule has 0 aliphatic rings. The van der Waals surface area contributed by atoms with Gasteiger partial charge in [0.2, 0.25) is 0 Å². The topological polar surface area (TPSA) is 87.3 Å². The molecule has 0 amide bonds. The van der Waals surface area contributed by atoms with Crippen LogP contribution in [0.4, 0.5) is 0 Å². The van der Waals surface area contributed by atoms with Gasteiger partial charge < -0.3 is 19.4 Å². The summed E-state index contributed by atoms with van der Waals surface area (Å²) in [6.07, 6.45) is 1.53. The molecule has 0 aromatic carbocycles. The molecule has 2 rings (SSSR count). The highest BCUT2D eigenvalue weighted by atomic mass is 79.9. The number of nitrogens with zero attached hydrogens (tertiary/aromatic N) is 2. The Labute approximate surface area is 106 Å². The zero-order chi connectivity index (χ0) is 12.3. The summed E-state index contributed by atoms with van der Waals surface area (Å²) in [4.78, 5) is 4.19. The van der Waals surface area contributed by atoms with Crippen molar-refractivity contribution in [2.75, 3.05) is 13.2 Å². The van der Waals surface area contributed by atoms with E-state index in [1.54, 1.807) is 6.07 Å². The summed E-state index contributed by atoms with van der Waals surface area (Å²) in [5.41, 5.74) is 6.54. The predicted octanol–water partition coefficient (Wildman–Crippen LogP) is 2.13. The maximum absolute atomic E-state index is 5.84. The first-order valence-electron chi connectivity index (χ1n) is 5.12. The lowest BCUT2D eigenvalue weighted by atomic mass is 10.3. The van der Waals surface area contributed by atoms with Gasteiger partial charge >= 0.3 is 0 Å². The fraction of sp³-hybridized carbons (Fsp3) is 0.400. The Balaban J connectivity index is 2.13. The standard InChI is InChI=1S/C10H12BrN3O3/c1-2-15-5-7(12)9-13-10(17-14-9)6-3-4-16-8(6)11/h3-4,7H,2,5,12H2,1H3. The SMILES string of the molecule is CCOCC(N)c1noc(-c2ccoc2Br)n1. The van der Waals surface area contributed by atoms with E-state index in [4.69, 9.17) is 19.4 Å². The summed E-state index contributed by atoms with van der Waals surface area (Å²) in [6, 6.07) is 1.34. The largest absolute Gasteiger partial charge is 0.457 e. The second-order valence-electron chi connectivity index (χ2n) is 3.33. The van der Waals surface area contributed by atoms with Crippen LogP contribution < -0.4 is 5.73 Å². The third-order valence-electron chi connectivity index (χ3n) is 2.12. The van der Waals surface area contributed by atoms with Crippen molar-refractivity contribution in [3.8, 4) is 11.5 Å². The number of furan rings is 1. The molecule has 2 N–H and O–H groups in total. The zero-order valence-corrected chi connectivity index (χ0v) is 10.8.